The Morgan fingerprint density at radius 3 is 2.30 bits per heavy atom. The number of aliphatic hydroxyl groups excluding tert-OH is 1. The van der Waals surface area contributed by atoms with Gasteiger partial charge >= 0.3 is 0 Å². The Balaban J connectivity index is 1.68. The molecule has 1 amide bonds. The van der Waals surface area contributed by atoms with Gasteiger partial charge in [0.15, 0.2) is 0 Å². The second kappa shape index (κ2) is 13.2. The highest BCUT2D eigenvalue weighted by Gasteiger charge is 2.33. The third kappa shape index (κ3) is 7.68. The maximum Gasteiger partial charge on any atom is 0.261 e. The Morgan fingerprint density at radius 2 is 1.67 bits per heavy atom. The van der Waals surface area contributed by atoms with Crippen molar-refractivity contribution in [2.24, 2.45) is 5.92 Å². The number of hydrogen-bond donors (Lipinski definition) is 2. The summed E-state index contributed by atoms with van der Waals surface area (Å²) in [7, 11) is -6.34. The van der Waals surface area contributed by atoms with E-state index in [9.17, 15) is 26.7 Å². The number of hydrogen-bond acceptors (Lipinski definition) is 7. The molecule has 0 bridgehead atoms. The first-order valence-corrected chi connectivity index (χ1v) is 17.0. The summed E-state index contributed by atoms with van der Waals surface area (Å²) >= 11 is 5.94. The molecule has 3 atom stereocenters. The molecule has 0 fully saturated rings. The van der Waals surface area contributed by atoms with Crippen molar-refractivity contribution in [2.45, 2.75) is 49.1 Å². The fraction of sp³-hybridized carbons (Fsp3) is 0.367. The lowest BCUT2D eigenvalue weighted by Crippen LogP contribution is -2.48. The van der Waals surface area contributed by atoms with E-state index in [1.807, 2.05) is 13.8 Å². The van der Waals surface area contributed by atoms with E-state index in [0.29, 0.717) is 16.3 Å². The zero-order valence-corrected chi connectivity index (χ0v) is 26.8. The van der Waals surface area contributed by atoms with Crippen molar-refractivity contribution in [3.05, 3.63) is 82.9 Å². The highest BCUT2D eigenvalue weighted by atomic mass is 35.5. The van der Waals surface area contributed by atoms with Gasteiger partial charge in [-0.25, -0.2) is 16.8 Å². The molecule has 0 aromatic heterocycles. The zero-order valence-electron chi connectivity index (χ0n) is 24.4. The number of benzene rings is 3. The first-order chi connectivity index (χ1) is 20.2. The molecule has 232 valence electrons. The van der Waals surface area contributed by atoms with Gasteiger partial charge in [-0.2, -0.15) is 4.31 Å². The largest absolute Gasteiger partial charge is 0.488 e. The lowest BCUT2D eigenvalue weighted by Gasteiger charge is -2.33. The van der Waals surface area contributed by atoms with Crippen LogP contribution in [0, 0.1) is 12.8 Å². The van der Waals surface area contributed by atoms with Crippen LogP contribution in [0.25, 0.3) is 0 Å². The van der Waals surface area contributed by atoms with Crippen molar-refractivity contribution in [2.75, 3.05) is 31.5 Å². The molecule has 2 N–H and O–H groups in total. The van der Waals surface area contributed by atoms with Crippen molar-refractivity contribution < 1.29 is 31.5 Å². The topological polar surface area (TPSA) is 133 Å². The van der Waals surface area contributed by atoms with Crippen molar-refractivity contribution in [1.29, 1.82) is 0 Å². The Hall–Kier alpha value is -3.16. The van der Waals surface area contributed by atoms with Crippen LogP contribution in [0.2, 0.25) is 5.02 Å². The molecule has 43 heavy (non-hydrogen) atoms. The predicted molar refractivity (Wildman–Crippen MR) is 165 cm³/mol. The summed E-state index contributed by atoms with van der Waals surface area (Å²) in [5, 5.41) is 10.3. The number of sulfonamides is 2. The van der Waals surface area contributed by atoms with Crippen molar-refractivity contribution in [1.82, 2.24) is 9.21 Å². The van der Waals surface area contributed by atoms with Crippen LogP contribution in [0.4, 0.5) is 5.69 Å². The number of aliphatic hydroxyl groups is 1. The Bertz CT molecular complexity index is 1660. The number of nitrogens with zero attached hydrogens (tertiary/aromatic N) is 2. The van der Waals surface area contributed by atoms with E-state index < -0.39 is 32.2 Å². The third-order valence-electron chi connectivity index (χ3n) is 7.46. The maximum absolute atomic E-state index is 13.5. The minimum absolute atomic E-state index is 0.0388. The lowest BCUT2D eigenvalue weighted by molar-refractivity contribution is -0.134. The van der Waals surface area contributed by atoms with Crippen LogP contribution in [0.1, 0.15) is 25.0 Å². The van der Waals surface area contributed by atoms with Crippen LogP contribution in [-0.4, -0.2) is 75.9 Å². The smallest absolute Gasteiger partial charge is 0.261 e. The van der Waals surface area contributed by atoms with E-state index in [2.05, 4.69) is 4.72 Å². The molecule has 1 aliphatic rings. The number of amides is 1. The molecule has 1 heterocycles. The quantitative estimate of drug-likeness (QED) is 0.359. The highest BCUT2D eigenvalue weighted by Crippen LogP contribution is 2.31. The third-order valence-corrected chi connectivity index (χ3v) is 10.9. The number of halogens is 1. The van der Waals surface area contributed by atoms with Gasteiger partial charge < -0.3 is 14.7 Å². The second-order valence-electron chi connectivity index (χ2n) is 10.9. The van der Waals surface area contributed by atoms with E-state index in [1.165, 1.54) is 53.8 Å². The molecule has 4 rings (SSSR count). The molecule has 0 saturated carbocycles. The molecular formula is C30H36ClN3O7S2. The van der Waals surface area contributed by atoms with Gasteiger partial charge in [-0.1, -0.05) is 36.2 Å². The molecule has 0 radical (unpaired) electrons. The van der Waals surface area contributed by atoms with E-state index in [4.69, 9.17) is 16.3 Å². The van der Waals surface area contributed by atoms with Gasteiger partial charge in [-0.15, -0.1) is 0 Å². The normalized spacial score (nSPS) is 18.7. The molecule has 13 heteroatoms. The van der Waals surface area contributed by atoms with E-state index in [0.717, 1.165) is 5.56 Å². The molecular weight excluding hydrogens is 614 g/mol. The van der Waals surface area contributed by atoms with Crippen molar-refractivity contribution >= 4 is 43.2 Å². The van der Waals surface area contributed by atoms with Crippen LogP contribution < -0.4 is 9.46 Å². The molecule has 0 aliphatic carbocycles. The molecule has 10 nitrogen and oxygen atoms in total. The van der Waals surface area contributed by atoms with Gasteiger partial charge in [0.25, 0.3) is 10.0 Å². The van der Waals surface area contributed by atoms with Crippen LogP contribution in [0.15, 0.2) is 76.5 Å². The Kier molecular flexibility index (Phi) is 10.1. The second-order valence-corrected chi connectivity index (χ2v) is 15.0. The van der Waals surface area contributed by atoms with Crippen LogP contribution >= 0.6 is 11.6 Å². The minimum atomic E-state index is -3.90. The molecule has 3 aromatic carbocycles. The molecule has 0 unspecified atom stereocenters. The number of rotatable bonds is 9. The summed E-state index contributed by atoms with van der Waals surface area (Å²) in [4.78, 5) is 15.2. The van der Waals surface area contributed by atoms with E-state index in [-0.39, 0.29) is 53.4 Å². The van der Waals surface area contributed by atoms with Gasteiger partial charge in [0.1, 0.15) is 11.9 Å². The number of aryl methyl sites for hydroxylation is 1. The van der Waals surface area contributed by atoms with Gasteiger partial charge in [0.05, 0.1) is 35.4 Å². The van der Waals surface area contributed by atoms with Crippen LogP contribution in [-0.2, 0) is 31.3 Å². The summed E-state index contributed by atoms with van der Waals surface area (Å²) in [6.07, 6.45) is -0.807. The summed E-state index contributed by atoms with van der Waals surface area (Å²) in [6, 6.07) is 16.4. The number of likely N-dealkylation sites (N-methyl/N-ethyl adjacent to an activating group) is 1. The minimum Gasteiger partial charge on any atom is -0.488 e. The Morgan fingerprint density at radius 1 is 1.05 bits per heavy atom. The monoisotopic (exact) mass is 649 g/mol. The average Bonchev–Trinajstić information content (AvgIpc) is 3.00. The summed E-state index contributed by atoms with van der Waals surface area (Å²) in [6.45, 7) is 5.34. The van der Waals surface area contributed by atoms with Crippen molar-refractivity contribution in [3.63, 3.8) is 0 Å². The fourth-order valence-electron chi connectivity index (χ4n) is 4.78. The van der Waals surface area contributed by atoms with E-state index in [1.54, 1.807) is 36.1 Å². The number of ether oxygens (including phenoxy) is 1. The van der Waals surface area contributed by atoms with Gasteiger partial charge in [0, 0.05) is 35.8 Å². The number of carbonyl (C=O) groups excluding carboxylic acids is 1. The van der Waals surface area contributed by atoms with Crippen LogP contribution in [0.3, 0.4) is 0 Å². The number of anilines is 1. The van der Waals surface area contributed by atoms with Gasteiger partial charge in [-0.3, -0.25) is 9.52 Å². The summed E-state index contributed by atoms with van der Waals surface area (Å²) in [5.74, 6) is -0.287. The Labute approximate surface area is 258 Å². The maximum atomic E-state index is 13.5. The molecule has 3 aromatic rings. The first kappa shape index (κ1) is 32.7. The van der Waals surface area contributed by atoms with E-state index >= 15 is 0 Å². The number of nitrogens with one attached hydrogen (secondary N) is 1. The average molecular weight is 650 g/mol. The lowest BCUT2D eigenvalue weighted by atomic mass is 10.0. The summed E-state index contributed by atoms with van der Waals surface area (Å²) < 4.78 is 62.9. The first-order valence-electron chi connectivity index (χ1n) is 13.7. The molecule has 0 saturated heterocycles. The zero-order chi connectivity index (χ0) is 31.5. The number of carbonyl (C=O) groups is 1. The highest BCUT2D eigenvalue weighted by molar-refractivity contribution is 7.92. The SMILES string of the molecule is Cc1ccc(S(=O)(=O)Nc2ccc3c(c2)CC(=O)N([C@H](C)CO)C[C@H](C)[C@@H](CN(C)S(=O)(=O)c2ccc(Cl)cc2)O3)cc1. The standard InChI is InChI=1S/C30H36ClN3O7S2/c1-20-5-10-26(11-6-20)42(37,38)32-25-9-14-28-23(15-25)16-30(36)34(22(3)19-35)17-21(2)29(41-28)18-33(4)43(39,40)27-12-7-24(31)8-13-27/h5-15,21-22,29,32,35H,16-19H2,1-4H3/t21-,22+,29+/m0/s1. The van der Waals surface area contributed by atoms with Crippen LogP contribution in [0.5, 0.6) is 5.75 Å². The molecule has 1 aliphatic heterocycles. The molecule has 0 spiro atoms. The van der Waals surface area contributed by atoms with Crippen molar-refractivity contribution in [3.8, 4) is 5.75 Å². The summed E-state index contributed by atoms with van der Waals surface area (Å²) in [5.41, 5.74) is 1.58. The van der Waals surface area contributed by atoms with Gasteiger partial charge in [-0.05, 0) is 68.4 Å². The number of fused-ring (bicyclic) bond motifs is 1. The predicted octanol–water partition coefficient (Wildman–Crippen LogP) is 3.92. The van der Waals surface area contributed by atoms with Gasteiger partial charge in [0.2, 0.25) is 15.9 Å². The fourth-order valence-corrected chi connectivity index (χ4v) is 7.14.